The van der Waals surface area contributed by atoms with Crippen LogP contribution in [0, 0.1) is 0 Å². The van der Waals surface area contributed by atoms with Crippen molar-refractivity contribution in [1.82, 2.24) is 4.98 Å². The molecule has 1 amide bonds. The van der Waals surface area contributed by atoms with Crippen LogP contribution in [0.15, 0.2) is 66.9 Å². The van der Waals surface area contributed by atoms with Crippen molar-refractivity contribution < 1.29 is 22.7 Å². The summed E-state index contributed by atoms with van der Waals surface area (Å²) in [7, 11) is 1.52. The molecule has 3 aromatic carbocycles. The summed E-state index contributed by atoms with van der Waals surface area (Å²) in [5.74, 6) is -0.764. The summed E-state index contributed by atoms with van der Waals surface area (Å²) in [6.45, 7) is 5.85. The maximum Gasteiger partial charge on any atom is 0.296 e. The van der Waals surface area contributed by atoms with Gasteiger partial charge in [-0.15, -0.1) is 0 Å². The van der Waals surface area contributed by atoms with E-state index in [0.29, 0.717) is 5.39 Å². The van der Waals surface area contributed by atoms with Crippen molar-refractivity contribution in [3.63, 3.8) is 0 Å². The van der Waals surface area contributed by atoms with Crippen molar-refractivity contribution in [3.8, 4) is 5.75 Å². The summed E-state index contributed by atoms with van der Waals surface area (Å²) in [6.07, 6.45) is 2.74. The van der Waals surface area contributed by atoms with Crippen LogP contribution >= 0.6 is 0 Å². The Hall–Kier alpha value is -4.64. The number of carbonyl (C=O) groups excluding carboxylic acids is 2. The van der Waals surface area contributed by atoms with Gasteiger partial charge in [-0.05, 0) is 46.7 Å². The van der Waals surface area contributed by atoms with Gasteiger partial charge >= 0.3 is 0 Å². The van der Waals surface area contributed by atoms with E-state index in [1.165, 1.54) is 7.11 Å². The van der Waals surface area contributed by atoms with E-state index in [1.807, 2.05) is 64.0 Å². The Kier molecular flexibility index (Phi) is 8.44. The molecule has 220 valence electrons. The van der Waals surface area contributed by atoms with Gasteiger partial charge in [0.15, 0.2) is 5.75 Å². The molecule has 1 heterocycles. The topological polar surface area (TPSA) is 130 Å². The first-order valence-corrected chi connectivity index (χ1v) is 15.0. The van der Waals surface area contributed by atoms with E-state index in [-0.39, 0.29) is 22.7 Å². The van der Waals surface area contributed by atoms with E-state index in [2.05, 4.69) is 20.3 Å². The third kappa shape index (κ3) is 6.80. The van der Waals surface area contributed by atoms with Crippen LogP contribution in [0.25, 0.3) is 10.8 Å². The zero-order valence-corrected chi connectivity index (χ0v) is 25.5. The number of nitrogens with one attached hydrogen (secondary N) is 3. The van der Waals surface area contributed by atoms with E-state index in [9.17, 15) is 18.0 Å². The second-order valence-corrected chi connectivity index (χ2v) is 12.9. The zero-order valence-electron chi connectivity index (χ0n) is 24.7. The van der Waals surface area contributed by atoms with Crippen LogP contribution in [0.4, 0.5) is 28.6 Å². The highest BCUT2D eigenvalue weighted by molar-refractivity contribution is 7.92. The summed E-state index contributed by atoms with van der Waals surface area (Å²) in [6, 6.07) is 17.8. The average Bonchev–Trinajstić information content (AvgIpc) is 2.91. The molecule has 0 aliphatic rings. The SMILES string of the molecule is COc1c(NC(=O)C(=O)c2ccc(Nc3ccnc(N(C)C)c3)c3ccccc23)cc(C(C)(C)C)cc1NS(C)(=O)=O. The molecule has 42 heavy (non-hydrogen) atoms. The fourth-order valence-corrected chi connectivity index (χ4v) is 5.00. The first kappa shape index (κ1) is 30.3. The second kappa shape index (κ2) is 11.7. The number of fused-ring (bicyclic) bond motifs is 1. The Morgan fingerprint density at radius 2 is 1.57 bits per heavy atom. The minimum atomic E-state index is -3.66. The minimum absolute atomic E-state index is 0.0911. The number of hydrogen-bond acceptors (Lipinski definition) is 8. The van der Waals surface area contributed by atoms with Gasteiger partial charge in [-0.2, -0.15) is 0 Å². The quantitative estimate of drug-likeness (QED) is 0.171. The van der Waals surface area contributed by atoms with Crippen LogP contribution in [-0.2, 0) is 20.2 Å². The van der Waals surface area contributed by atoms with Crippen molar-refractivity contribution in [3.05, 3.63) is 78.0 Å². The Morgan fingerprint density at radius 3 is 2.19 bits per heavy atom. The van der Waals surface area contributed by atoms with Crippen molar-refractivity contribution in [2.24, 2.45) is 0 Å². The summed E-state index contributed by atoms with van der Waals surface area (Å²) in [5.41, 5.74) is 2.46. The predicted octanol–water partition coefficient (Wildman–Crippen LogP) is 5.54. The van der Waals surface area contributed by atoms with Crippen LogP contribution < -0.4 is 25.0 Å². The largest absolute Gasteiger partial charge is 0.492 e. The van der Waals surface area contributed by atoms with Gasteiger partial charge in [0.2, 0.25) is 10.0 Å². The molecular formula is C31H35N5O5S. The molecule has 3 N–H and O–H groups in total. The van der Waals surface area contributed by atoms with E-state index >= 15 is 0 Å². The fraction of sp³-hybridized carbons (Fsp3) is 0.258. The lowest BCUT2D eigenvalue weighted by molar-refractivity contribution is -0.112. The highest BCUT2D eigenvalue weighted by Gasteiger charge is 2.25. The normalized spacial score (nSPS) is 11.6. The van der Waals surface area contributed by atoms with Crippen molar-refractivity contribution >= 4 is 61.1 Å². The molecule has 10 nitrogen and oxygen atoms in total. The van der Waals surface area contributed by atoms with Crippen LogP contribution in [0.5, 0.6) is 5.75 Å². The Morgan fingerprint density at radius 1 is 0.905 bits per heavy atom. The van der Waals surface area contributed by atoms with E-state index in [1.54, 1.807) is 42.6 Å². The number of nitrogens with zero attached hydrogens (tertiary/aromatic N) is 2. The van der Waals surface area contributed by atoms with Gasteiger partial charge in [0.25, 0.3) is 11.7 Å². The van der Waals surface area contributed by atoms with Gasteiger partial charge in [-0.3, -0.25) is 14.3 Å². The monoisotopic (exact) mass is 589 g/mol. The number of pyridine rings is 1. The fourth-order valence-electron chi connectivity index (χ4n) is 4.45. The molecule has 0 saturated carbocycles. The number of aromatic nitrogens is 1. The molecule has 0 fully saturated rings. The smallest absolute Gasteiger partial charge is 0.296 e. The lowest BCUT2D eigenvalue weighted by atomic mass is 9.86. The summed E-state index contributed by atoms with van der Waals surface area (Å²) in [4.78, 5) is 33.2. The summed E-state index contributed by atoms with van der Waals surface area (Å²) < 4.78 is 32.0. The Labute approximate surface area is 246 Å². The molecule has 0 radical (unpaired) electrons. The zero-order chi connectivity index (χ0) is 30.8. The Bertz CT molecular complexity index is 1780. The first-order chi connectivity index (χ1) is 19.7. The number of benzene rings is 3. The molecule has 4 rings (SSSR count). The maximum atomic E-state index is 13.5. The van der Waals surface area contributed by atoms with Crippen LogP contribution in [0.1, 0.15) is 36.7 Å². The number of amides is 1. The van der Waals surface area contributed by atoms with Crippen molar-refractivity contribution in [2.75, 3.05) is 47.7 Å². The van der Waals surface area contributed by atoms with Gasteiger partial charge in [0.05, 0.1) is 24.7 Å². The summed E-state index contributed by atoms with van der Waals surface area (Å²) in [5, 5.41) is 7.40. The second-order valence-electron chi connectivity index (χ2n) is 11.1. The molecule has 0 spiro atoms. The molecule has 0 atom stereocenters. The third-order valence-electron chi connectivity index (χ3n) is 6.56. The van der Waals surface area contributed by atoms with E-state index in [0.717, 1.165) is 34.4 Å². The van der Waals surface area contributed by atoms with E-state index < -0.39 is 27.1 Å². The number of anilines is 5. The molecule has 0 saturated heterocycles. The standard InChI is InChI=1S/C31H35N5O5S/c1-31(2,3)19-16-25(29(41-6)26(17-19)35-42(7,39)40)34-30(38)28(37)23-12-13-24(22-11-9-8-10-21(22)23)33-20-14-15-32-27(18-20)36(4)5/h8-18,35H,1-7H3,(H,32,33)(H,34,38). The number of methoxy groups -OCH3 is 1. The van der Waals surface area contributed by atoms with Gasteiger partial charge in [-0.1, -0.05) is 45.0 Å². The van der Waals surface area contributed by atoms with Crippen LogP contribution in [-0.4, -0.2) is 52.6 Å². The molecule has 11 heteroatoms. The molecule has 4 aromatic rings. The number of Topliss-reactive ketones (excluding diaryl/α,β-unsaturated/α-hetero) is 1. The molecular weight excluding hydrogens is 554 g/mol. The van der Waals surface area contributed by atoms with Crippen LogP contribution in [0.3, 0.4) is 0 Å². The predicted molar refractivity (Wildman–Crippen MR) is 169 cm³/mol. The Balaban J connectivity index is 1.71. The van der Waals surface area contributed by atoms with Gasteiger partial charge < -0.3 is 20.3 Å². The van der Waals surface area contributed by atoms with Crippen molar-refractivity contribution in [2.45, 2.75) is 26.2 Å². The molecule has 1 aromatic heterocycles. The van der Waals surface area contributed by atoms with Gasteiger partial charge in [0.1, 0.15) is 5.82 Å². The third-order valence-corrected chi connectivity index (χ3v) is 7.15. The maximum absolute atomic E-state index is 13.5. The minimum Gasteiger partial charge on any atom is -0.492 e. The number of carbonyl (C=O) groups is 2. The highest BCUT2D eigenvalue weighted by atomic mass is 32.2. The summed E-state index contributed by atoms with van der Waals surface area (Å²) >= 11 is 0. The molecule has 0 aliphatic heterocycles. The van der Waals surface area contributed by atoms with Crippen LogP contribution in [0.2, 0.25) is 0 Å². The number of ketones is 1. The lowest BCUT2D eigenvalue weighted by Crippen LogP contribution is -2.24. The number of hydrogen-bond donors (Lipinski definition) is 3. The molecule has 0 aliphatic carbocycles. The van der Waals surface area contributed by atoms with Crippen molar-refractivity contribution in [1.29, 1.82) is 0 Å². The highest BCUT2D eigenvalue weighted by Crippen LogP contribution is 2.39. The molecule has 0 unspecified atom stereocenters. The first-order valence-electron chi connectivity index (χ1n) is 13.2. The average molecular weight is 590 g/mol. The van der Waals surface area contributed by atoms with E-state index in [4.69, 9.17) is 4.74 Å². The number of rotatable bonds is 9. The molecule has 0 bridgehead atoms. The lowest BCUT2D eigenvalue weighted by Gasteiger charge is -2.24. The number of ether oxygens (including phenoxy) is 1. The van der Waals surface area contributed by atoms with Gasteiger partial charge in [0, 0.05) is 48.7 Å². The number of sulfonamides is 1. The van der Waals surface area contributed by atoms with Gasteiger partial charge in [-0.25, -0.2) is 13.4 Å².